The van der Waals surface area contributed by atoms with Crippen molar-refractivity contribution in [3.05, 3.63) is 0 Å². The van der Waals surface area contributed by atoms with Crippen molar-refractivity contribution in [1.82, 2.24) is 0 Å². The molecule has 0 amide bonds. The lowest BCUT2D eigenvalue weighted by atomic mass is 9.61. The van der Waals surface area contributed by atoms with Crippen LogP contribution in [0.3, 0.4) is 0 Å². The molecule has 0 bridgehead atoms. The molecule has 2 spiro atoms. The highest BCUT2D eigenvalue weighted by Gasteiger charge is 2.57. The van der Waals surface area contributed by atoms with Gasteiger partial charge in [-0.1, -0.05) is 53.4 Å². The molecule has 0 aromatic heterocycles. The second kappa shape index (κ2) is 8.12. The lowest BCUT2D eigenvalue weighted by Gasteiger charge is -2.48. The van der Waals surface area contributed by atoms with E-state index in [0.717, 1.165) is 19.1 Å². The molecule has 2 nitrogen and oxygen atoms in total. The Balaban J connectivity index is 1.44. The summed E-state index contributed by atoms with van der Waals surface area (Å²) >= 11 is 0. The summed E-state index contributed by atoms with van der Waals surface area (Å²) in [7, 11) is 0. The monoisotopic (exact) mass is 404 g/mol. The molecule has 0 aromatic rings. The molecule has 168 valence electrons. The van der Waals surface area contributed by atoms with E-state index < -0.39 is 0 Å². The maximum atomic E-state index is 6.87. The Hall–Kier alpha value is -0.0800. The molecule has 4 saturated carbocycles. The average molecular weight is 405 g/mol. The minimum Gasteiger partial charge on any atom is -0.377 e. The maximum absolute atomic E-state index is 6.87. The van der Waals surface area contributed by atoms with Crippen molar-refractivity contribution in [2.75, 3.05) is 13.2 Å². The van der Waals surface area contributed by atoms with Crippen LogP contribution in [0, 0.1) is 27.6 Å². The van der Waals surface area contributed by atoms with Gasteiger partial charge in [-0.2, -0.15) is 0 Å². The smallest absolute Gasteiger partial charge is 0.0684 e. The Morgan fingerprint density at radius 3 is 2.07 bits per heavy atom. The number of hydrogen-bond acceptors (Lipinski definition) is 2. The number of ether oxygens (including phenoxy) is 2. The lowest BCUT2D eigenvalue weighted by Crippen LogP contribution is -2.47. The first-order valence-electron chi connectivity index (χ1n) is 13.0. The molecule has 2 heteroatoms. The van der Waals surface area contributed by atoms with Gasteiger partial charge in [-0.15, -0.1) is 0 Å². The molecule has 4 aliphatic rings. The first-order valence-corrected chi connectivity index (χ1v) is 13.0. The van der Waals surface area contributed by atoms with Crippen molar-refractivity contribution < 1.29 is 9.47 Å². The molecule has 29 heavy (non-hydrogen) atoms. The van der Waals surface area contributed by atoms with Crippen LogP contribution in [0.2, 0.25) is 0 Å². The SMILES string of the molecule is CCOC1C(C)(C)CCC12CCCCC2CCOC1C(C)(C)CCC12CCCC2. The average Bonchev–Trinajstić information content (AvgIpc) is 3.32. The van der Waals surface area contributed by atoms with Crippen LogP contribution in [-0.2, 0) is 9.47 Å². The van der Waals surface area contributed by atoms with Gasteiger partial charge in [0.2, 0.25) is 0 Å². The van der Waals surface area contributed by atoms with Gasteiger partial charge in [0.05, 0.1) is 12.2 Å². The molecule has 4 rings (SSSR count). The van der Waals surface area contributed by atoms with Crippen LogP contribution in [0.4, 0.5) is 0 Å². The Labute approximate surface area is 180 Å². The topological polar surface area (TPSA) is 18.5 Å². The first-order chi connectivity index (χ1) is 13.8. The molecule has 4 atom stereocenters. The molecule has 0 aromatic carbocycles. The lowest BCUT2D eigenvalue weighted by molar-refractivity contribution is -0.117. The summed E-state index contributed by atoms with van der Waals surface area (Å²) in [5.41, 5.74) is 1.61. The Bertz CT molecular complexity index is 559. The molecule has 4 unspecified atom stereocenters. The first kappa shape index (κ1) is 22.1. The third-order valence-electron chi connectivity index (χ3n) is 9.94. The molecule has 0 heterocycles. The molecule has 0 aliphatic heterocycles. The summed E-state index contributed by atoms with van der Waals surface area (Å²) in [5.74, 6) is 0.790. The Kier molecular flexibility index (Phi) is 6.19. The fourth-order valence-corrected chi connectivity index (χ4v) is 8.58. The van der Waals surface area contributed by atoms with Crippen LogP contribution < -0.4 is 0 Å². The normalized spacial score (nSPS) is 40.2. The van der Waals surface area contributed by atoms with Crippen LogP contribution >= 0.6 is 0 Å². The Morgan fingerprint density at radius 1 is 0.690 bits per heavy atom. The van der Waals surface area contributed by atoms with Gasteiger partial charge in [0.1, 0.15) is 0 Å². The van der Waals surface area contributed by atoms with Gasteiger partial charge in [-0.3, -0.25) is 0 Å². The van der Waals surface area contributed by atoms with E-state index >= 15 is 0 Å². The summed E-state index contributed by atoms with van der Waals surface area (Å²) in [4.78, 5) is 0. The van der Waals surface area contributed by atoms with Gasteiger partial charge in [0.15, 0.2) is 0 Å². The third kappa shape index (κ3) is 3.84. The van der Waals surface area contributed by atoms with E-state index in [9.17, 15) is 0 Å². The quantitative estimate of drug-likeness (QED) is 0.455. The minimum atomic E-state index is 0.327. The molecule has 0 saturated heterocycles. The van der Waals surface area contributed by atoms with Crippen LogP contribution in [-0.4, -0.2) is 25.4 Å². The van der Waals surface area contributed by atoms with Crippen LogP contribution in [0.5, 0.6) is 0 Å². The number of rotatable bonds is 6. The van der Waals surface area contributed by atoms with Crippen LogP contribution in [0.25, 0.3) is 0 Å². The largest absolute Gasteiger partial charge is 0.377 e. The van der Waals surface area contributed by atoms with E-state index in [1.165, 1.54) is 83.5 Å². The predicted molar refractivity (Wildman–Crippen MR) is 121 cm³/mol. The molecular weight excluding hydrogens is 356 g/mol. The zero-order valence-corrected chi connectivity index (χ0v) is 20.2. The Morgan fingerprint density at radius 2 is 1.34 bits per heavy atom. The van der Waals surface area contributed by atoms with E-state index in [4.69, 9.17) is 9.47 Å². The van der Waals surface area contributed by atoms with E-state index in [2.05, 4.69) is 34.6 Å². The zero-order chi connectivity index (χ0) is 20.8. The highest BCUT2D eigenvalue weighted by Crippen LogP contribution is 2.61. The fraction of sp³-hybridized carbons (Fsp3) is 1.00. The van der Waals surface area contributed by atoms with Crippen LogP contribution in [0.15, 0.2) is 0 Å². The second-order valence-electron chi connectivity index (χ2n) is 12.6. The minimum absolute atomic E-state index is 0.327. The van der Waals surface area contributed by atoms with Crippen molar-refractivity contribution in [3.8, 4) is 0 Å². The van der Waals surface area contributed by atoms with Crippen molar-refractivity contribution in [3.63, 3.8) is 0 Å². The van der Waals surface area contributed by atoms with Crippen molar-refractivity contribution >= 4 is 0 Å². The van der Waals surface area contributed by atoms with Crippen molar-refractivity contribution in [1.29, 1.82) is 0 Å². The van der Waals surface area contributed by atoms with Crippen molar-refractivity contribution in [2.45, 2.75) is 130 Å². The van der Waals surface area contributed by atoms with Crippen molar-refractivity contribution in [2.24, 2.45) is 27.6 Å². The van der Waals surface area contributed by atoms with Gasteiger partial charge in [0.25, 0.3) is 0 Å². The standard InChI is InChI=1S/C27H48O2/c1-6-28-23-25(4,5)17-19-27(23)15-8-7-11-21(27)12-20-29-22-24(2,3)16-18-26(22)13-9-10-14-26/h21-23H,6-20H2,1-5H3. The summed E-state index contributed by atoms with van der Waals surface area (Å²) in [6.07, 6.45) is 18.9. The van der Waals surface area contributed by atoms with Crippen LogP contribution in [0.1, 0.15) is 118 Å². The molecule has 0 N–H and O–H groups in total. The predicted octanol–water partition coefficient (Wildman–Crippen LogP) is 7.54. The highest BCUT2D eigenvalue weighted by atomic mass is 16.5. The molecular formula is C27H48O2. The maximum Gasteiger partial charge on any atom is 0.0684 e. The molecule has 4 aliphatic carbocycles. The second-order valence-corrected chi connectivity index (χ2v) is 12.6. The van der Waals surface area contributed by atoms with Gasteiger partial charge < -0.3 is 9.47 Å². The van der Waals surface area contributed by atoms with E-state index in [1.807, 2.05) is 0 Å². The number of hydrogen-bond donors (Lipinski definition) is 0. The molecule has 4 fully saturated rings. The van der Waals surface area contributed by atoms with Gasteiger partial charge in [0, 0.05) is 18.6 Å². The van der Waals surface area contributed by atoms with E-state index in [-0.39, 0.29) is 0 Å². The summed E-state index contributed by atoms with van der Waals surface area (Å²) in [5, 5.41) is 0. The summed E-state index contributed by atoms with van der Waals surface area (Å²) in [6, 6.07) is 0. The van der Waals surface area contributed by atoms with Gasteiger partial charge >= 0.3 is 0 Å². The highest BCUT2D eigenvalue weighted by molar-refractivity contribution is 5.07. The summed E-state index contributed by atoms with van der Waals surface area (Å²) in [6.45, 7) is 13.9. The van der Waals surface area contributed by atoms with Gasteiger partial charge in [-0.05, 0) is 86.9 Å². The van der Waals surface area contributed by atoms with E-state index in [0.29, 0.717) is 33.9 Å². The third-order valence-corrected chi connectivity index (χ3v) is 9.94. The molecule has 0 radical (unpaired) electrons. The fourth-order valence-electron chi connectivity index (χ4n) is 8.58. The van der Waals surface area contributed by atoms with Gasteiger partial charge in [-0.25, -0.2) is 0 Å². The summed E-state index contributed by atoms with van der Waals surface area (Å²) < 4.78 is 13.4. The zero-order valence-electron chi connectivity index (χ0n) is 20.2. The van der Waals surface area contributed by atoms with E-state index in [1.54, 1.807) is 0 Å².